The highest BCUT2D eigenvalue weighted by molar-refractivity contribution is 5.92. The summed E-state index contributed by atoms with van der Waals surface area (Å²) in [5.74, 6) is 5.77. The average Bonchev–Trinajstić information content (AvgIpc) is 3.07. The van der Waals surface area contributed by atoms with Crippen LogP contribution in [0.25, 0.3) is 0 Å². The van der Waals surface area contributed by atoms with Gasteiger partial charge in [0.2, 0.25) is 0 Å². The van der Waals surface area contributed by atoms with Gasteiger partial charge in [-0.3, -0.25) is 15.1 Å². The zero-order valence-corrected chi connectivity index (χ0v) is 12.4. The van der Waals surface area contributed by atoms with Crippen molar-refractivity contribution >= 4 is 5.91 Å². The van der Waals surface area contributed by atoms with Gasteiger partial charge in [0.05, 0.1) is 6.26 Å². The zero-order chi connectivity index (χ0) is 14.5. The zero-order valence-electron chi connectivity index (χ0n) is 12.4. The normalized spacial score (nSPS) is 16.2. The predicted molar refractivity (Wildman–Crippen MR) is 77.9 cm³/mol. The number of rotatable bonds is 6. The molecule has 0 aliphatic heterocycles. The molecule has 1 aliphatic rings. The molecule has 0 aromatic carbocycles. The van der Waals surface area contributed by atoms with E-state index in [4.69, 9.17) is 10.3 Å². The summed E-state index contributed by atoms with van der Waals surface area (Å²) in [7, 11) is 0. The smallest absolute Gasteiger partial charge is 0.301 e. The quantitative estimate of drug-likeness (QED) is 0.476. The summed E-state index contributed by atoms with van der Waals surface area (Å²) in [5, 5.41) is 0. The van der Waals surface area contributed by atoms with E-state index in [9.17, 15) is 4.79 Å². The Morgan fingerprint density at radius 1 is 1.50 bits per heavy atom. The maximum atomic E-state index is 11.7. The van der Waals surface area contributed by atoms with Gasteiger partial charge < -0.3 is 4.42 Å². The summed E-state index contributed by atoms with van der Waals surface area (Å²) in [6.45, 7) is 6.25. The topological polar surface area (TPSA) is 71.5 Å². The highest BCUT2D eigenvalue weighted by atomic mass is 16.3. The van der Waals surface area contributed by atoms with Gasteiger partial charge in [0.15, 0.2) is 5.76 Å². The number of nitrogen functional groups attached to an aromatic ring is 1. The number of nitrogens with one attached hydrogen (secondary N) is 1. The molecule has 1 aliphatic carbocycles. The number of amides is 1. The van der Waals surface area contributed by atoms with Gasteiger partial charge in [0, 0.05) is 24.7 Å². The molecule has 1 fully saturated rings. The molecule has 1 amide bonds. The van der Waals surface area contributed by atoms with Crippen molar-refractivity contribution in [2.45, 2.75) is 52.1 Å². The molecule has 5 heteroatoms. The van der Waals surface area contributed by atoms with Crippen LogP contribution in [0.15, 0.2) is 16.7 Å². The second kappa shape index (κ2) is 6.90. The number of furan rings is 1. The van der Waals surface area contributed by atoms with Crippen molar-refractivity contribution in [3.63, 3.8) is 0 Å². The minimum absolute atomic E-state index is 0.333. The van der Waals surface area contributed by atoms with E-state index in [0.29, 0.717) is 17.7 Å². The Balaban J connectivity index is 2.10. The highest BCUT2D eigenvalue weighted by Crippen LogP contribution is 2.26. The average molecular weight is 279 g/mol. The van der Waals surface area contributed by atoms with E-state index < -0.39 is 0 Å². The van der Waals surface area contributed by atoms with Gasteiger partial charge in [-0.15, -0.1) is 0 Å². The largest absolute Gasteiger partial charge is 0.459 e. The van der Waals surface area contributed by atoms with E-state index in [0.717, 1.165) is 18.7 Å². The Morgan fingerprint density at radius 2 is 2.20 bits per heavy atom. The van der Waals surface area contributed by atoms with E-state index in [1.54, 1.807) is 6.26 Å². The number of hydrazine groups is 1. The predicted octanol–water partition coefficient (Wildman–Crippen LogP) is 2.28. The third-order valence-electron chi connectivity index (χ3n) is 3.90. The van der Waals surface area contributed by atoms with Crippen LogP contribution < -0.4 is 11.3 Å². The van der Waals surface area contributed by atoms with Crippen molar-refractivity contribution in [3.05, 3.63) is 23.7 Å². The fourth-order valence-electron chi connectivity index (χ4n) is 3.02. The first kappa shape index (κ1) is 15.1. The maximum absolute atomic E-state index is 11.7. The molecule has 1 aromatic heterocycles. The van der Waals surface area contributed by atoms with E-state index >= 15 is 0 Å². The van der Waals surface area contributed by atoms with Crippen molar-refractivity contribution in [2.75, 3.05) is 6.54 Å². The van der Waals surface area contributed by atoms with Crippen LogP contribution in [0.4, 0.5) is 0 Å². The van der Waals surface area contributed by atoms with Crippen molar-refractivity contribution in [1.82, 2.24) is 10.3 Å². The molecule has 0 radical (unpaired) electrons. The number of carbonyl (C=O) groups excluding carboxylic acids is 1. The Hall–Kier alpha value is -1.33. The lowest BCUT2D eigenvalue weighted by Gasteiger charge is -2.30. The summed E-state index contributed by atoms with van der Waals surface area (Å²) in [4.78, 5) is 14.2. The van der Waals surface area contributed by atoms with E-state index in [2.05, 4.69) is 24.2 Å². The summed E-state index contributed by atoms with van der Waals surface area (Å²) in [5.41, 5.74) is 3.06. The lowest BCUT2D eigenvalue weighted by molar-refractivity contribution is 0.0921. The molecule has 0 bridgehead atoms. The summed E-state index contributed by atoms with van der Waals surface area (Å²) >= 11 is 0. The van der Waals surface area contributed by atoms with Crippen LogP contribution in [0, 0.1) is 5.92 Å². The third kappa shape index (κ3) is 3.61. The Kier molecular flexibility index (Phi) is 5.20. The fourth-order valence-corrected chi connectivity index (χ4v) is 3.02. The Morgan fingerprint density at radius 3 is 2.80 bits per heavy atom. The summed E-state index contributed by atoms with van der Waals surface area (Å²) in [6.07, 6.45) is 6.68. The van der Waals surface area contributed by atoms with Crippen LogP contribution in [-0.2, 0) is 6.54 Å². The Bertz CT molecular complexity index is 436. The monoisotopic (exact) mass is 279 g/mol. The molecular weight excluding hydrogens is 254 g/mol. The second-order valence-electron chi connectivity index (χ2n) is 6.01. The molecule has 20 heavy (non-hydrogen) atoms. The molecule has 112 valence electrons. The van der Waals surface area contributed by atoms with Crippen molar-refractivity contribution in [2.24, 2.45) is 11.8 Å². The van der Waals surface area contributed by atoms with E-state index in [-0.39, 0.29) is 5.91 Å². The number of nitrogens with two attached hydrogens (primary N) is 1. The molecule has 1 saturated carbocycles. The number of carbonyl (C=O) groups is 1. The van der Waals surface area contributed by atoms with Gasteiger partial charge in [-0.1, -0.05) is 26.7 Å². The first-order valence-electron chi connectivity index (χ1n) is 7.43. The number of hydrogen-bond acceptors (Lipinski definition) is 4. The minimum Gasteiger partial charge on any atom is -0.459 e. The van der Waals surface area contributed by atoms with E-state index in [1.165, 1.54) is 25.7 Å². The molecule has 5 nitrogen and oxygen atoms in total. The van der Waals surface area contributed by atoms with Gasteiger partial charge >= 0.3 is 5.91 Å². The molecule has 0 spiro atoms. The third-order valence-corrected chi connectivity index (χ3v) is 3.90. The van der Waals surface area contributed by atoms with Gasteiger partial charge in [-0.05, 0) is 24.8 Å². The van der Waals surface area contributed by atoms with Gasteiger partial charge in [-0.2, -0.15) is 0 Å². The first-order valence-corrected chi connectivity index (χ1v) is 7.43. The van der Waals surface area contributed by atoms with Gasteiger partial charge in [0.1, 0.15) is 0 Å². The van der Waals surface area contributed by atoms with Crippen LogP contribution >= 0.6 is 0 Å². The maximum Gasteiger partial charge on any atom is 0.301 e. The molecule has 3 N–H and O–H groups in total. The SMILES string of the molecule is CC(C)CN(Cc1ccoc1C(=O)NN)C1CCCC1. The van der Waals surface area contributed by atoms with Crippen molar-refractivity contribution in [1.29, 1.82) is 0 Å². The second-order valence-corrected chi connectivity index (χ2v) is 6.01. The summed E-state index contributed by atoms with van der Waals surface area (Å²) < 4.78 is 5.27. The van der Waals surface area contributed by atoms with E-state index in [1.807, 2.05) is 6.07 Å². The molecule has 1 aromatic rings. The lowest BCUT2D eigenvalue weighted by Crippen LogP contribution is -2.36. The van der Waals surface area contributed by atoms with Gasteiger partial charge in [0.25, 0.3) is 0 Å². The fraction of sp³-hybridized carbons (Fsp3) is 0.667. The van der Waals surface area contributed by atoms with Crippen molar-refractivity contribution < 1.29 is 9.21 Å². The Labute approximate surface area is 120 Å². The lowest BCUT2D eigenvalue weighted by atomic mass is 10.1. The van der Waals surface area contributed by atoms with Crippen LogP contribution in [0.2, 0.25) is 0 Å². The molecule has 0 saturated heterocycles. The van der Waals surface area contributed by atoms with Gasteiger partial charge in [-0.25, -0.2) is 5.84 Å². The van der Waals surface area contributed by atoms with Crippen LogP contribution in [0.3, 0.4) is 0 Å². The first-order chi connectivity index (χ1) is 9.61. The standard InChI is InChI=1S/C15H25N3O2/c1-11(2)9-18(13-5-3-4-6-13)10-12-7-8-20-14(12)15(19)17-16/h7-8,11,13H,3-6,9-10,16H2,1-2H3,(H,17,19). The number of hydrogen-bond donors (Lipinski definition) is 2. The van der Waals surface area contributed by atoms with Crippen molar-refractivity contribution in [3.8, 4) is 0 Å². The molecule has 1 heterocycles. The molecule has 0 unspecified atom stereocenters. The number of nitrogens with zero attached hydrogens (tertiary/aromatic N) is 1. The minimum atomic E-state index is -0.360. The highest BCUT2D eigenvalue weighted by Gasteiger charge is 2.25. The molecule has 0 atom stereocenters. The summed E-state index contributed by atoms with van der Waals surface area (Å²) in [6, 6.07) is 2.49. The molecule has 2 rings (SSSR count). The van der Waals surface area contributed by atoms with Crippen LogP contribution in [-0.4, -0.2) is 23.4 Å². The molecular formula is C15H25N3O2. The van der Waals surface area contributed by atoms with Crippen LogP contribution in [0.5, 0.6) is 0 Å². The van der Waals surface area contributed by atoms with Crippen LogP contribution in [0.1, 0.15) is 55.6 Å².